The van der Waals surface area contributed by atoms with Gasteiger partial charge in [-0.2, -0.15) is 0 Å². The normalized spacial score (nSPS) is 9.74. The molecule has 0 amide bonds. The van der Waals surface area contributed by atoms with Crippen LogP contribution in [0.2, 0.25) is 0 Å². The van der Waals surface area contributed by atoms with Gasteiger partial charge in [-0.15, -0.1) is 0 Å². The van der Waals surface area contributed by atoms with Gasteiger partial charge in [-0.3, -0.25) is 9.59 Å². The van der Waals surface area contributed by atoms with Crippen molar-refractivity contribution in [1.82, 2.24) is 0 Å². The summed E-state index contributed by atoms with van der Waals surface area (Å²) in [7, 11) is 0. The molecular weight excluding hydrogens is 352 g/mol. The van der Waals surface area contributed by atoms with Gasteiger partial charge in [-0.05, 0) is 43.0 Å². The lowest BCUT2D eigenvalue weighted by molar-refractivity contribution is -0.113. The van der Waals surface area contributed by atoms with Crippen LogP contribution in [0.5, 0.6) is 0 Å². The van der Waals surface area contributed by atoms with Crippen LogP contribution in [0.25, 0.3) is 0 Å². The van der Waals surface area contributed by atoms with Crippen molar-refractivity contribution in [3.63, 3.8) is 0 Å². The Balaban J connectivity index is 0.000000238. The second-order valence-corrected chi connectivity index (χ2v) is 6.35. The Morgan fingerprint density at radius 2 is 1.70 bits per heavy atom. The summed E-state index contributed by atoms with van der Waals surface area (Å²) in [6.45, 7) is 5.31. The third-order valence-electron chi connectivity index (χ3n) is 3.43. The molecule has 0 aliphatic rings. The number of ketones is 2. The summed E-state index contributed by atoms with van der Waals surface area (Å²) >= 11 is 3.25. The van der Waals surface area contributed by atoms with E-state index in [1.807, 2.05) is 13.0 Å². The van der Waals surface area contributed by atoms with Gasteiger partial charge in [0.2, 0.25) is 5.78 Å². The number of halogens is 1. The third-order valence-corrected chi connectivity index (χ3v) is 3.92. The van der Waals surface area contributed by atoms with Gasteiger partial charge in [0, 0.05) is 17.0 Å². The predicted molar refractivity (Wildman–Crippen MR) is 98.9 cm³/mol. The van der Waals surface area contributed by atoms with Crippen LogP contribution >= 0.6 is 15.9 Å². The molecule has 0 fully saturated rings. The quantitative estimate of drug-likeness (QED) is 0.507. The molecule has 0 spiro atoms. The molecule has 2 aromatic rings. The van der Waals surface area contributed by atoms with Crippen molar-refractivity contribution in [2.24, 2.45) is 0 Å². The molecule has 3 heteroatoms. The molecule has 2 rings (SSSR count). The van der Waals surface area contributed by atoms with E-state index in [0.29, 0.717) is 5.56 Å². The van der Waals surface area contributed by atoms with E-state index in [1.54, 1.807) is 12.1 Å². The maximum atomic E-state index is 11.3. The lowest BCUT2D eigenvalue weighted by atomic mass is 10.0. The molecule has 0 heterocycles. The number of unbranched alkanes of at least 4 members (excludes halogenated alkanes) is 1. The fourth-order valence-electron chi connectivity index (χ4n) is 2.05. The van der Waals surface area contributed by atoms with E-state index in [2.05, 4.69) is 53.2 Å². The molecule has 0 bridgehead atoms. The fourth-order valence-corrected chi connectivity index (χ4v) is 2.42. The van der Waals surface area contributed by atoms with Crippen LogP contribution in [0, 0.1) is 6.92 Å². The number of benzene rings is 2. The van der Waals surface area contributed by atoms with Gasteiger partial charge < -0.3 is 0 Å². The van der Waals surface area contributed by atoms with Crippen molar-refractivity contribution in [3.05, 3.63) is 69.7 Å². The van der Waals surface area contributed by atoms with Gasteiger partial charge in [-0.25, -0.2) is 0 Å². The third kappa shape index (κ3) is 6.91. The fraction of sp³-hybridized carbons (Fsp3) is 0.300. The minimum atomic E-state index is -0.432. The molecule has 0 saturated heterocycles. The van der Waals surface area contributed by atoms with Gasteiger partial charge >= 0.3 is 0 Å². The smallest absolute Gasteiger partial charge is 0.228 e. The summed E-state index contributed by atoms with van der Waals surface area (Å²) in [5.41, 5.74) is 2.76. The van der Waals surface area contributed by atoms with E-state index in [4.69, 9.17) is 0 Å². The van der Waals surface area contributed by atoms with Gasteiger partial charge in [0.05, 0.1) is 0 Å². The van der Waals surface area contributed by atoms with Crippen LogP contribution in [-0.2, 0) is 11.2 Å². The van der Waals surface area contributed by atoms with E-state index >= 15 is 0 Å². The molecule has 0 atom stereocenters. The first kappa shape index (κ1) is 19.3. The van der Waals surface area contributed by atoms with E-state index in [1.165, 1.54) is 31.7 Å². The predicted octanol–water partition coefficient (Wildman–Crippen LogP) is 5.56. The van der Waals surface area contributed by atoms with Crippen LogP contribution in [0.1, 0.15) is 48.2 Å². The van der Waals surface area contributed by atoms with Crippen molar-refractivity contribution in [2.45, 2.75) is 40.0 Å². The van der Waals surface area contributed by atoms with E-state index in [0.717, 1.165) is 10.0 Å². The first-order valence-corrected chi connectivity index (χ1v) is 8.60. The standard InChI is InChI=1S/C10H9BrO2.C10H14/c1-6-3-4-8(11)5-9(6)10(13)7(2)12;1-2-3-7-10-8-5-4-6-9-10/h3-5H,1-2H3;4-6,8-9H,2-3,7H2,1H3. The van der Waals surface area contributed by atoms with Crippen LogP contribution in [0.4, 0.5) is 0 Å². The monoisotopic (exact) mass is 374 g/mol. The number of carbonyl (C=O) groups excluding carboxylic acids is 2. The number of aryl methyl sites for hydroxylation is 2. The number of hydrogen-bond donors (Lipinski definition) is 0. The van der Waals surface area contributed by atoms with Crippen LogP contribution in [0.3, 0.4) is 0 Å². The maximum Gasteiger partial charge on any atom is 0.228 e. The number of Topliss-reactive ketones (excluding diaryl/α,β-unsaturated/α-hetero) is 2. The summed E-state index contributed by atoms with van der Waals surface area (Å²) in [5.74, 6) is -0.861. The number of hydrogen-bond acceptors (Lipinski definition) is 2. The van der Waals surface area contributed by atoms with E-state index in [9.17, 15) is 9.59 Å². The first-order valence-electron chi connectivity index (χ1n) is 7.81. The second-order valence-electron chi connectivity index (χ2n) is 5.43. The van der Waals surface area contributed by atoms with Crippen molar-refractivity contribution in [3.8, 4) is 0 Å². The maximum absolute atomic E-state index is 11.3. The highest BCUT2D eigenvalue weighted by atomic mass is 79.9. The zero-order valence-corrected chi connectivity index (χ0v) is 15.5. The Kier molecular flexibility index (Phi) is 8.49. The zero-order chi connectivity index (χ0) is 17.2. The average molecular weight is 375 g/mol. The summed E-state index contributed by atoms with van der Waals surface area (Å²) in [6, 6.07) is 16.0. The SMILES string of the molecule is CC(=O)C(=O)c1cc(Br)ccc1C.CCCCc1ccccc1. The second kappa shape index (κ2) is 10.1. The topological polar surface area (TPSA) is 34.1 Å². The molecule has 2 nitrogen and oxygen atoms in total. The molecule has 0 saturated carbocycles. The molecule has 0 unspecified atom stereocenters. The lowest BCUT2D eigenvalue weighted by Crippen LogP contribution is -2.11. The lowest BCUT2D eigenvalue weighted by Gasteiger charge is -2.02. The molecule has 2 aromatic carbocycles. The molecular formula is C20H23BrO2. The van der Waals surface area contributed by atoms with Crippen molar-refractivity contribution < 1.29 is 9.59 Å². The highest BCUT2D eigenvalue weighted by Crippen LogP contribution is 2.16. The summed E-state index contributed by atoms with van der Waals surface area (Å²) < 4.78 is 0.808. The average Bonchev–Trinajstić information content (AvgIpc) is 2.56. The van der Waals surface area contributed by atoms with Gasteiger partial charge in [0.1, 0.15) is 0 Å². The Morgan fingerprint density at radius 1 is 1.04 bits per heavy atom. The zero-order valence-electron chi connectivity index (χ0n) is 13.9. The van der Waals surface area contributed by atoms with Crippen LogP contribution in [0.15, 0.2) is 53.0 Å². The highest BCUT2D eigenvalue weighted by Gasteiger charge is 2.13. The van der Waals surface area contributed by atoms with E-state index < -0.39 is 11.6 Å². The first-order chi connectivity index (χ1) is 11.0. The summed E-state index contributed by atoms with van der Waals surface area (Å²) in [4.78, 5) is 22.2. The van der Waals surface area contributed by atoms with Crippen LogP contribution < -0.4 is 0 Å². The van der Waals surface area contributed by atoms with E-state index in [-0.39, 0.29) is 0 Å². The highest BCUT2D eigenvalue weighted by molar-refractivity contribution is 9.10. The Hall–Kier alpha value is -1.74. The Morgan fingerprint density at radius 3 is 2.26 bits per heavy atom. The van der Waals surface area contributed by atoms with Gasteiger partial charge in [0.25, 0.3) is 0 Å². The number of rotatable bonds is 5. The van der Waals surface area contributed by atoms with Crippen molar-refractivity contribution in [2.75, 3.05) is 0 Å². The molecule has 0 radical (unpaired) electrons. The Labute approximate surface area is 147 Å². The Bertz CT molecular complexity index is 648. The molecule has 0 aliphatic carbocycles. The van der Waals surface area contributed by atoms with Crippen molar-refractivity contribution >= 4 is 27.5 Å². The number of carbonyl (C=O) groups is 2. The van der Waals surface area contributed by atoms with Crippen molar-refractivity contribution in [1.29, 1.82) is 0 Å². The molecule has 0 aromatic heterocycles. The van der Waals surface area contributed by atoms with Gasteiger partial charge in [0.15, 0.2) is 5.78 Å². The largest absolute Gasteiger partial charge is 0.291 e. The minimum Gasteiger partial charge on any atom is -0.291 e. The minimum absolute atomic E-state index is 0.429. The molecule has 0 aliphatic heterocycles. The molecule has 122 valence electrons. The van der Waals surface area contributed by atoms with Crippen LogP contribution in [-0.4, -0.2) is 11.6 Å². The summed E-state index contributed by atoms with van der Waals surface area (Å²) in [5, 5.41) is 0. The molecule has 23 heavy (non-hydrogen) atoms. The van der Waals surface area contributed by atoms with Gasteiger partial charge in [-0.1, -0.05) is 65.7 Å². The summed E-state index contributed by atoms with van der Waals surface area (Å²) in [6.07, 6.45) is 3.83. The molecule has 0 N–H and O–H groups in total.